The molecule has 1 amide bonds. The van der Waals surface area contributed by atoms with Crippen LogP contribution in [0.5, 0.6) is 5.75 Å². The number of allylic oxidation sites excluding steroid dienone is 2. The lowest BCUT2D eigenvalue weighted by atomic mass is 9.98. The predicted octanol–water partition coefficient (Wildman–Crippen LogP) is 5.28. The summed E-state index contributed by atoms with van der Waals surface area (Å²) in [6.45, 7) is 3.71. The van der Waals surface area contributed by atoms with Gasteiger partial charge in [0.1, 0.15) is 5.75 Å². The van der Waals surface area contributed by atoms with Crippen molar-refractivity contribution in [1.82, 2.24) is 5.32 Å². The number of phenols is 1. The largest absolute Gasteiger partial charge is 0.508 e. The van der Waals surface area contributed by atoms with Gasteiger partial charge >= 0.3 is 0 Å². The fourth-order valence-corrected chi connectivity index (χ4v) is 3.35. The van der Waals surface area contributed by atoms with Crippen molar-refractivity contribution in [1.29, 1.82) is 0 Å². The highest BCUT2D eigenvalue weighted by Crippen LogP contribution is 2.15. The van der Waals surface area contributed by atoms with E-state index >= 15 is 0 Å². The quantitative estimate of drug-likeness (QED) is 0.282. The van der Waals surface area contributed by atoms with E-state index in [1.807, 2.05) is 12.1 Å². The maximum Gasteiger partial charge on any atom is 0.217 e. The molecule has 2 atom stereocenters. The van der Waals surface area contributed by atoms with E-state index in [4.69, 9.17) is 0 Å². The number of hydrogen-bond donors (Lipinski definition) is 3. The summed E-state index contributed by atoms with van der Waals surface area (Å²) in [6.07, 6.45) is 16.1. The molecule has 1 rings (SSSR count). The van der Waals surface area contributed by atoms with Crippen LogP contribution in [0, 0.1) is 0 Å². The van der Waals surface area contributed by atoms with E-state index in [1.54, 1.807) is 12.1 Å². The first-order valence-corrected chi connectivity index (χ1v) is 10.9. The van der Waals surface area contributed by atoms with Crippen LogP contribution in [-0.4, -0.2) is 28.3 Å². The van der Waals surface area contributed by atoms with E-state index in [0.29, 0.717) is 12.8 Å². The first kappa shape index (κ1) is 24.2. The molecular weight excluding hydrogens is 350 g/mol. The monoisotopic (exact) mass is 389 g/mol. The number of unbranched alkanes of at least 4 members (excludes halogenated alkanes) is 7. The number of hydrogen-bond acceptors (Lipinski definition) is 3. The van der Waals surface area contributed by atoms with Crippen LogP contribution in [-0.2, 0) is 11.2 Å². The van der Waals surface area contributed by atoms with Crippen molar-refractivity contribution >= 4 is 5.91 Å². The summed E-state index contributed by atoms with van der Waals surface area (Å²) in [4.78, 5) is 11.5. The van der Waals surface area contributed by atoms with Gasteiger partial charge in [-0.2, -0.15) is 0 Å². The first-order valence-electron chi connectivity index (χ1n) is 10.9. The molecule has 1 aromatic rings. The van der Waals surface area contributed by atoms with Crippen LogP contribution in [0.1, 0.15) is 83.6 Å². The molecule has 0 aliphatic rings. The molecule has 0 bridgehead atoms. The summed E-state index contributed by atoms with van der Waals surface area (Å²) < 4.78 is 0. The normalized spacial score (nSPS) is 13.5. The highest BCUT2D eigenvalue weighted by atomic mass is 16.3. The van der Waals surface area contributed by atoms with Crippen molar-refractivity contribution in [2.45, 2.75) is 96.6 Å². The van der Waals surface area contributed by atoms with Gasteiger partial charge in [-0.1, -0.05) is 69.7 Å². The maximum absolute atomic E-state index is 11.5. The lowest BCUT2D eigenvalue weighted by Crippen LogP contribution is -2.43. The van der Waals surface area contributed by atoms with Crippen molar-refractivity contribution in [3.05, 3.63) is 42.0 Å². The molecule has 0 aliphatic carbocycles. The molecule has 1 aromatic carbocycles. The van der Waals surface area contributed by atoms with Crippen LogP contribution in [0.15, 0.2) is 36.4 Å². The summed E-state index contributed by atoms with van der Waals surface area (Å²) in [5.74, 6) is 0.0729. The van der Waals surface area contributed by atoms with Crippen molar-refractivity contribution in [3.8, 4) is 5.75 Å². The van der Waals surface area contributed by atoms with Crippen LogP contribution < -0.4 is 5.32 Å². The van der Waals surface area contributed by atoms with Gasteiger partial charge in [0.05, 0.1) is 12.1 Å². The Labute approximate surface area is 171 Å². The van der Waals surface area contributed by atoms with E-state index in [9.17, 15) is 15.0 Å². The zero-order chi connectivity index (χ0) is 20.6. The Morgan fingerprint density at radius 2 is 1.61 bits per heavy atom. The second kappa shape index (κ2) is 15.2. The Kier molecular flexibility index (Phi) is 13.1. The minimum atomic E-state index is -0.596. The molecular formula is C24H39NO3. The lowest BCUT2D eigenvalue weighted by Gasteiger charge is -2.23. The number of phenolic OH excluding ortho intramolecular Hbond substituents is 1. The van der Waals surface area contributed by atoms with E-state index in [0.717, 1.165) is 18.4 Å². The summed E-state index contributed by atoms with van der Waals surface area (Å²) in [6, 6.07) is 6.56. The van der Waals surface area contributed by atoms with E-state index < -0.39 is 6.10 Å². The van der Waals surface area contributed by atoms with Crippen molar-refractivity contribution < 1.29 is 15.0 Å². The van der Waals surface area contributed by atoms with Crippen LogP contribution in [0.25, 0.3) is 0 Å². The minimum absolute atomic E-state index is 0.141. The average Bonchev–Trinajstić information content (AvgIpc) is 2.66. The number of carbonyl (C=O) groups is 1. The molecule has 0 heterocycles. The third-order valence-corrected chi connectivity index (χ3v) is 5.02. The van der Waals surface area contributed by atoms with Crippen LogP contribution in [0.3, 0.4) is 0 Å². The Hall–Kier alpha value is -1.81. The third kappa shape index (κ3) is 11.8. The molecule has 0 radical (unpaired) electrons. The van der Waals surface area contributed by atoms with E-state index in [2.05, 4.69) is 24.4 Å². The maximum atomic E-state index is 11.5. The van der Waals surface area contributed by atoms with Crippen LogP contribution >= 0.6 is 0 Å². The second-order valence-electron chi connectivity index (χ2n) is 7.70. The summed E-state index contributed by atoms with van der Waals surface area (Å²) in [5.41, 5.74) is 0.977. The SMILES string of the molecule is CCCCCCCCCC=CCCC(O)C(Cc1ccc(O)cc1)NC(C)=O. The van der Waals surface area contributed by atoms with Gasteiger partial charge in [0.2, 0.25) is 5.91 Å². The molecule has 28 heavy (non-hydrogen) atoms. The predicted molar refractivity (Wildman–Crippen MR) is 116 cm³/mol. The van der Waals surface area contributed by atoms with Gasteiger partial charge in [-0.25, -0.2) is 0 Å². The molecule has 0 aromatic heterocycles. The number of aliphatic hydroxyl groups is 1. The second-order valence-corrected chi connectivity index (χ2v) is 7.70. The molecule has 0 spiro atoms. The topological polar surface area (TPSA) is 69.6 Å². The van der Waals surface area contributed by atoms with Crippen LogP contribution in [0.4, 0.5) is 0 Å². The number of aliphatic hydroxyl groups excluding tert-OH is 1. The number of carbonyl (C=O) groups excluding carboxylic acids is 1. The van der Waals surface area contributed by atoms with Gasteiger partial charge in [0.15, 0.2) is 0 Å². The highest BCUT2D eigenvalue weighted by molar-refractivity contribution is 5.73. The zero-order valence-electron chi connectivity index (χ0n) is 17.7. The summed E-state index contributed by atoms with van der Waals surface area (Å²) >= 11 is 0. The number of rotatable bonds is 15. The molecule has 0 saturated carbocycles. The van der Waals surface area contributed by atoms with E-state index in [1.165, 1.54) is 51.9 Å². The van der Waals surface area contributed by atoms with Crippen molar-refractivity contribution in [3.63, 3.8) is 0 Å². The average molecular weight is 390 g/mol. The summed E-state index contributed by atoms with van der Waals surface area (Å²) in [5, 5.41) is 22.8. The molecule has 158 valence electrons. The minimum Gasteiger partial charge on any atom is -0.508 e. The van der Waals surface area contributed by atoms with Gasteiger partial charge in [-0.15, -0.1) is 0 Å². The third-order valence-electron chi connectivity index (χ3n) is 5.02. The zero-order valence-corrected chi connectivity index (χ0v) is 17.7. The van der Waals surface area contributed by atoms with Gasteiger partial charge < -0.3 is 15.5 Å². The molecule has 0 fully saturated rings. The molecule has 3 N–H and O–H groups in total. The van der Waals surface area contributed by atoms with Gasteiger partial charge in [0.25, 0.3) is 0 Å². The van der Waals surface area contributed by atoms with Gasteiger partial charge in [0, 0.05) is 6.92 Å². The fourth-order valence-electron chi connectivity index (χ4n) is 3.35. The standard InChI is InChI=1S/C24H39NO3/c1-3-4-5-6-7-8-9-10-11-12-13-14-24(28)23(25-20(2)26)19-21-15-17-22(27)18-16-21/h11-12,15-18,23-24,27-28H,3-10,13-14,19H2,1-2H3,(H,25,26). The Morgan fingerprint density at radius 1 is 1.00 bits per heavy atom. The molecule has 4 nitrogen and oxygen atoms in total. The Balaban J connectivity index is 2.27. The molecule has 0 saturated heterocycles. The highest BCUT2D eigenvalue weighted by Gasteiger charge is 2.20. The number of benzene rings is 1. The molecule has 0 aliphatic heterocycles. The smallest absolute Gasteiger partial charge is 0.217 e. The van der Waals surface area contributed by atoms with E-state index in [-0.39, 0.29) is 17.7 Å². The van der Waals surface area contributed by atoms with Crippen LogP contribution in [0.2, 0.25) is 0 Å². The fraction of sp³-hybridized carbons (Fsp3) is 0.625. The van der Waals surface area contributed by atoms with Gasteiger partial charge in [-0.05, 0) is 49.8 Å². The van der Waals surface area contributed by atoms with Crippen molar-refractivity contribution in [2.24, 2.45) is 0 Å². The molecule has 4 heteroatoms. The number of aromatic hydroxyl groups is 1. The van der Waals surface area contributed by atoms with Crippen molar-refractivity contribution in [2.75, 3.05) is 0 Å². The number of nitrogens with one attached hydrogen (secondary N) is 1. The Morgan fingerprint density at radius 3 is 2.25 bits per heavy atom. The first-order chi connectivity index (χ1) is 13.5. The molecule has 2 unspecified atom stereocenters. The lowest BCUT2D eigenvalue weighted by molar-refractivity contribution is -0.120. The Bertz CT molecular complexity index is 553. The summed E-state index contributed by atoms with van der Waals surface area (Å²) in [7, 11) is 0. The number of amides is 1. The van der Waals surface area contributed by atoms with Gasteiger partial charge in [-0.3, -0.25) is 4.79 Å².